The van der Waals surface area contributed by atoms with Crippen molar-refractivity contribution in [3.63, 3.8) is 0 Å². The Bertz CT molecular complexity index is 364. The molecule has 1 saturated heterocycles. The first-order chi connectivity index (χ1) is 9.18. The van der Waals surface area contributed by atoms with E-state index < -0.39 is 0 Å². The molecule has 0 bridgehead atoms. The molecule has 0 spiro atoms. The van der Waals surface area contributed by atoms with Crippen LogP contribution in [0.25, 0.3) is 0 Å². The van der Waals surface area contributed by atoms with E-state index in [0.717, 1.165) is 19.3 Å². The molecular formula is C15H27BO4. The second kappa shape index (κ2) is 5.34. The average molecular weight is 282 g/mol. The smallest absolute Gasteiger partial charge is 0.461 e. The molecule has 2 fully saturated rings. The number of ether oxygens (including phenoxy) is 1. The van der Waals surface area contributed by atoms with Gasteiger partial charge in [-0.15, -0.1) is 0 Å². The fraction of sp³-hybridized carbons (Fsp3) is 0.933. The summed E-state index contributed by atoms with van der Waals surface area (Å²) in [5, 5.41) is 0. The van der Waals surface area contributed by atoms with E-state index in [4.69, 9.17) is 14.0 Å². The van der Waals surface area contributed by atoms with Gasteiger partial charge in [0.05, 0.1) is 24.2 Å². The maximum Gasteiger partial charge on any atom is 0.461 e. The molecule has 0 radical (unpaired) electrons. The quantitative estimate of drug-likeness (QED) is 0.577. The van der Waals surface area contributed by atoms with Crippen LogP contribution in [0, 0.1) is 11.8 Å². The molecule has 0 aromatic carbocycles. The largest absolute Gasteiger partial charge is 0.469 e. The van der Waals surface area contributed by atoms with Crippen LogP contribution in [0.4, 0.5) is 0 Å². The van der Waals surface area contributed by atoms with Crippen molar-refractivity contribution in [3.8, 4) is 0 Å². The number of hydrogen-bond acceptors (Lipinski definition) is 4. The standard InChI is InChI=1S/C15H27BO4/c1-10-9-11(13(17)18-6)7-8-12(10)16-19-14(2,3)15(4,5)20-16/h10-12H,7-9H2,1-6H3. The molecule has 20 heavy (non-hydrogen) atoms. The van der Waals surface area contributed by atoms with Crippen LogP contribution in [0.1, 0.15) is 53.9 Å². The molecule has 3 atom stereocenters. The maximum absolute atomic E-state index is 11.7. The molecule has 1 heterocycles. The third-order valence-electron chi connectivity index (χ3n) is 5.39. The molecule has 2 aliphatic rings. The van der Waals surface area contributed by atoms with Crippen LogP contribution in [-0.2, 0) is 18.8 Å². The van der Waals surface area contributed by atoms with Crippen molar-refractivity contribution in [2.24, 2.45) is 11.8 Å². The van der Waals surface area contributed by atoms with Gasteiger partial charge in [-0.2, -0.15) is 0 Å². The Labute approximate surface area is 122 Å². The summed E-state index contributed by atoms with van der Waals surface area (Å²) in [6.07, 6.45) is 2.69. The minimum Gasteiger partial charge on any atom is -0.469 e. The normalized spacial score (nSPS) is 35.9. The van der Waals surface area contributed by atoms with Gasteiger partial charge in [-0.05, 0) is 52.3 Å². The van der Waals surface area contributed by atoms with E-state index in [1.807, 2.05) is 0 Å². The Hall–Kier alpha value is -0.545. The average Bonchev–Trinajstić information content (AvgIpc) is 2.57. The summed E-state index contributed by atoms with van der Waals surface area (Å²) in [4.78, 5) is 11.7. The Morgan fingerprint density at radius 3 is 2.15 bits per heavy atom. The Morgan fingerprint density at radius 2 is 1.70 bits per heavy atom. The number of carbonyl (C=O) groups excluding carboxylic acids is 1. The highest BCUT2D eigenvalue weighted by Gasteiger charge is 2.55. The molecule has 0 aromatic heterocycles. The molecule has 5 heteroatoms. The highest BCUT2D eigenvalue weighted by atomic mass is 16.7. The van der Waals surface area contributed by atoms with E-state index in [-0.39, 0.29) is 30.2 Å². The van der Waals surface area contributed by atoms with Gasteiger partial charge in [-0.3, -0.25) is 4.79 Å². The van der Waals surface area contributed by atoms with Crippen molar-refractivity contribution in [1.82, 2.24) is 0 Å². The van der Waals surface area contributed by atoms with Crippen LogP contribution in [-0.4, -0.2) is 31.4 Å². The molecule has 114 valence electrons. The zero-order valence-corrected chi connectivity index (χ0v) is 13.6. The lowest BCUT2D eigenvalue weighted by molar-refractivity contribution is -0.147. The number of rotatable bonds is 2. The van der Waals surface area contributed by atoms with Crippen LogP contribution >= 0.6 is 0 Å². The van der Waals surface area contributed by atoms with Crippen LogP contribution in [0.5, 0.6) is 0 Å². The first kappa shape index (κ1) is 15.8. The molecule has 3 unspecified atom stereocenters. The van der Waals surface area contributed by atoms with Gasteiger partial charge in [0, 0.05) is 0 Å². The molecular weight excluding hydrogens is 255 g/mol. The fourth-order valence-corrected chi connectivity index (χ4v) is 3.27. The van der Waals surface area contributed by atoms with Crippen molar-refractivity contribution in [2.45, 2.75) is 70.9 Å². The molecule has 0 aromatic rings. The lowest BCUT2D eigenvalue weighted by Crippen LogP contribution is -2.41. The summed E-state index contributed by atoms with van der Waals surface area (Å²) in [5.41, 5.74) is -0.562. The zero-order valence-electron chi connectivity index (χ0n) is 13.6. The summed E-state index contributed by atoms with van der Waals surface area (Å²) in [6, 6.07) is 0. The number of methoxy groups -OCH3 is 1. The Balaban J connectivity index is 2.01. The van der Waals surface area contributed by atoms with Gasteiger partial charge in [-0.1, -0.05) is 13.3 Å². The van der Waals surface area contributed by atoms with Crippen molar-refractivity contribution in [3.05, 3.63) is 0 Å². The summed E-state index contributed by atoms with van der Waals surface area (Å²) in [7, 11) is 1.31. The van der Waals surface area contributed by atoms with Crippen LogP contribution in [0.2, 0.25) is 5.82 Å². The maximum atomic E-state index is 11.7. The van der Waals surface area contributed by atoms with Gasteiger partial charge in [0.25, 0.3) is 0 Å². The van der Waals surface area contributed by atoms with Crippen molar-refractivity contribution >= 4 is 13.1 Å². The predicted octanol–water partition coefficient (Wildman–Crippen LogP) is 3.06. The predicted molar refractivity (Wildman–Crippen MR) is 78.4 cm³/mol. The first-order valence-electron chi connectivity index (χ1n) is 7.61. The summed E-state index contributed by atoms with van der Waals surface area (Å²) < 4.78 is 17.2. The summed E-state index contributed by atoms with van der Waals surface area (Å²) in [6.45, 7) is 10.5. The molecule has 0 amide bonds. The molecule has 1 aliphatic heterocycles. The van der Waals surface area contributed by atoms with Gasteiger partial charge in [0.1, 0.15) is 0 Å². The Kier molecular flexibility index (Phi) is 4.23. The topological polar surface area (TPSA) is 44.8 Å². The summed E-state index contributed by atoms with van der Waals surface area (Å²) >= 11 is 0. The van der Waals surface area contributed by atoms with Gasteiger partial charge < -0.3 is 14.0 Å². The fourth-order valence-electron chi connectivity index (χ4n) is 3.27. The van der Waals surface area contributed by atoms with E-state index in [2.05, 4.69) is 34.6 Å². The molecule has 0 N–H and O–H groups in total. The van der Waals surface area contributed by atoms with E-state index in [9.17, 15) is 4.79 Å². The first-order valence-corrected chi connectivity index (χ1v) is 7.61. The van der Waals surface area contributed by atoms with Crippen LogP contribution in [0.3, 0.4) is 0 Å². The van der Waals surface area contributed by atoms with Crippen molar-refractivity contribution in [1.29, 1.82) is 0 Å². The monoisotopic (exact) mass is 282 g/mol. The van der Waals surface area contributed by atoms with Crippen LogP contribution in [0.15, 0.2) is 0 Å². The highest BCUT2D eigenvalue weighted by molar-refractivity contribution is 6.47. The van der Waals surface area contributed by atoms with Crippen molar-refractivity contribution < 1.29 is 18.8 Å². The minimum absolute atomic E-state index is 0.0358. The SMILES string of the molecule is COC(=O)C1CCC(B2OC(C)(C)C(C)(C)O2)C(C)C1. The lowest BCUT2D eigenvalue weighted by Gasteiger charge is -2.33. The van der Waals surface area contributed by atoms with Gasteiger partial charge >= 0.3 is 13.1 Å². The van der Waals surface area contributed by atoms with Crippen molar-refractivity contribution in [2.75, 3.05) is 7.11 Å². The molecule has 1 aliphatic carbocycles. The number of hydrogen-bond donors (Lipinski definition) is 0. The molecule has 4 nitrogen and oxygen atoms in total. The van der Waals surface area contributed by atoms with E-state index >= 15 is 0 Å². The number of esters is 1. The lowest BCUT2D eigenvalue weighted by atomic mass is 9.58. The third kappa shape index (κ3) is 2.75. The second-order valence-electron chi connectivity index (χ2n) is 7.30. The summed E-state index contributed by atoms with van der Waals surface area (Å²) in [5.74, 6) is 0.720. The third-order valence-corrected chi connectivity index (χ3v) is 5.39. The van der Waals surface area contributed by atoms with E-state index in [1.165, 1.54) is 7.11 Å². The zero-order chi connectivity index (χ0) is 15.1. The molecule has 1 saturated carbocycles. The van der Waals surface area contributed by atoms with Crippen LogP contribution < -0.4 is 0 Å². The highest BCUT2D eigenvalue weighted by Crippen LogP contribution is 2.47. The Morgan fingerprint density at radius 1 is 1.15 bits per heavy atom. The van der Waals surface area contributed by atoms with Gasteiger partial charge in [0.15, 0.2) is 0 Å². The number of carbonyl (C=O) groups is 1. The minimum atomic E-state index is -0.281. The molecule has 2 rings (SSSR count). The van der Waals surface area contributed by atoms with E-state index in [0.29, 0.717) is 11.7 Å². The van der Waals surface area contributed by atoms with E-state index in [1.54, 1.807) is 0 Å². The second-order valence-corrected chi connectivity index (χ2v) is 7.30. The van der Waals surface area contributed by atoms with Gasteiger partial charge in [-0.25, -0.2) is 0 Å². The van der Waals surface area contributed by atoms with Gasteiger partial charge in [0.2, 0.25) is 0 Å².